The fraction of sp³-hybridized carbons (Fsp3) is 0.226. The largest absolute Gasteiger partial charge is 0.497 e. The monoisotopic (exact) mass is 463 g/mol. The summed E-state index contributed by atoms with van der Waals surface area (Å²) < 4.78 is 5.33. The SMILES string of the molecule is COc1ccc(C[C@@H]2[C@@H](O)[C@@H](O)CN2C2(c3ccccc3)c3ccccc3-c3ccccc32)cc1. The molecule has 35 heavy (non-hydrogen) atoms. The Morgan fingerprint density at radius 1 is 0.771 bits per heavy atom. The van der Waals surface area contributed by atoms with Crippen molar-refractivity contribution in [2.24, 2.45) is 0 Å². The van der Waals surface area contributed by atoms with Crippen LogP contribution in [0, 0.1) is 0 Å². The molecular formula is C31H29NO3. The fourth-order valence-corrected chi connectivity index (χ4v) is 6.18. The maximum absolute atomic E-state index is 11.3. The van der Waals surface area contributed by atoms with Crippen LogP contribution in [0.1, 0.15) is 22.3 Å². The average Bonchev–Trinajstić information content (AvgIpc) is 3.37. The van der Waals surface area contributed by atoms with E-state index in [0.29, 0.717) is 13.0 Å². The Morgan fingerprint density at radius 2 is 1.34 bits per heavy atom. The molecule has 4 aromatic carbocycles. The summed E-state index contributed by atoms with van der Waals surface area (Å²) in [6.07, 6.45) is -1.09. The van der Waals surface area contributed by atoms with Crippen LogP contribution in [0.25, 0.3) is 11.1 Å². The zero-order valence-corrected chi connectivity index (χ0v) is 19.7. The van der Waals surface area contributed by atoms with Crippen LogP contribution in [0.5, 0.6) is 5.75 Å². The van der Waals surface area contributed by atoms with Crippen molar-refractivity contribution in [2.45, 2.75) is 30.2 Å². The Bertz CT molecular complexity index is 1290. The van der Waals surface area contributed by atoms with Gasteiger partial charge in [0.05, 0.1) is 24.9 Å². The van der Waals surface area contributed by atoms with Crippen molar-refractivity contribution in [3.05, 3.63) is 125 Å². The smallest absolute Gasteiger partial charge is 0.118 e. The number of methoxy groups -OCH3 is 1. The normalized spacial score (nSPS) is 22.5. The molecule has 0 bridgehead atoms. The van der Waals surface area contributed by atoms with Gasteiger partial charge in [-0.25, -0.2) is 0 Å². The summed E-state index contributed by atoms with van der Waals surface area (Å²) in [4.78, 5) is 2.34. The highest BCUT2D eigenvalue weighted by Gasteiger charge is 2.55. The highest BCUT2D eigenvalue weighted by molar-refractivity contribution is 5.83. The zero-order valence-electron chi connectivity index (χ0n) is 19.7. The number of hydrogen-bond acceptors (Lipinski definition) is 4. The van der Waals surface area contributed by atoms with E-state index >= 15 is 0 Å². The average molecular weight is 464 g/mol. The lowest BCUT2D eigenvalue weighted by Gasteiger charge is -2.45. The molecule has 0 unspecified atom stereocenters. The second-order valence-electron chi connectivity index (χ2n) is 9.50. The Morgan fingerprint density at radius 3 is 1.94 bits per heavy atom. The lowest BCUT2D eigenvalue weighted by atomic mass is 9.78. The molecule has 4 nitrogen and oxygen atoms in total. The minimum absolute atomic E-state index is 0.280. The van der Waals surface area contributed by atoms with Crippen LogP contribution >= 0.6 is 0 Å². The van der Waals surface area contributed by atoms with Gasteiger partial charge in [0.25, 0.3) is 0 Å². The summed E-state index contributed by atoms with van der Waals surface area (Å²) in [5.41, 5.74) is 6.39. The third kappa shape index (κ3) is 3.33. The summed E-state index contributed by atoms with van der Waals surface area (Å²) in [5, 5.41) is 22.3. The van der Waals surface area contributed by atoms with Crippen LogP contribution in [0.15, 0.2) is 103 Å². The first-order chi connectivity index (χ1) is 17.1. The van der Waals surface area contributed by atoms with E-state index in [4.69, 9.17) is 4.74 Å². The number of aliphatic hydroxyl groups is 2. The van der Waals surface area contributed by atoms with Crippen molar-refractivity contribution in [1.82, 2.24) is 4.90 Å². The molecule has 0 aromatic heterocycles. The summed E-state index contributed by atoms with van der Waals surface area (Å²) in [7, 11) is 1.66. The number of ether oxygens (including phenoxy) is 1. The third-order valence-electron chi connectivity index (χ3n) is 7.72. The van der Waals surface area contributed by atoms with Gasteiger partial charge in [-0.3, -0.25) is 4.90 Å². The van der Waals surface area contributed by atoms with E-state index in [2.05, 4.69) is 77.7 Å². The van der Waals surface area contributed by atoms with E-state index in [0.717, 1.165) is 16.9 Å². The highest BCUT2D eigenvalue weighted by atomic mass is 16.5. The van der Waals surface area contributed by atoms with E-state index in [9.17, 15) is 10.2 Å². The quantitative estimate of drug-likeness (QED) is 0.454. The van der Waals surface area contributed by atoms with E-state index in [1.54, 1.807) is 7.11 Å². The first-order valence-electron chi connectivity index (χ1n) is 12.2. The molecule has 1 aliphatic carbocycles. The summed E-state index contributed by atoms with van der Waals surface area (Å²) in [6, 6.07) is 35.3. The van der Waals surface area contributed by atoms with E-state index < -0.39 is 17.7 Å². The third-order valence-corrected chi connectivity index (χ3v) is 7.72. The van der Waals surface area contributed by atoms with Crippen LogP contribution in [0.3, 0.4) is 0 Å². The Labute approximate surface area is 206 Å². The number of hydrogen-bond donors (Lipinski definition) is 2. The number of benzene rings is 4. The fourth-order valence-electron chi connectivity index (χ4n) is 6.18. The van der Waals surface area contributed by atoms with E-state index in [-0.39, 0.29) is 6.04 Å². The summed E-state index contributed by atoms with van der Waals surface area (Å²) in [6.45, 7) is 0.375. The maximum Gasteiger partial charge on any atom is 0.118 e. The zero-order chi connectivity index (χ0) is 24.0. The number of β-amino-alcohol motifs (C(OH)–C–C–N with tert-alkyl or cyclic N) is 1. The molecule has 1 saturated heterocycles. The molecule has 2 N–H and O–H groups in total. The van der Waals surface area contributed by atoms with Gasteiger partial charge in [0.2, 0.25) is 0 Å². The minimum atomic E-state index is -0.863. The molecule has 2 aliphatic rings. The van der Waals surface area contributed by atoms with Crippen LogP contribution in [-0.2, 0) is 12.0 Å². The molecule has 4 aromatic rings. The van der Waals surface area contributed by atoms with Gasteiger partial charge in [-0.05, 0) is 51.9 Å². The van der Waals surface area contributed by atoms with Crippen molar-refractivity contribution in [3.8, 4) is 16.9 Å². The summed E-state index contributed by atoms with van der Waals surface area (Å²) >= 11 is 0. The number of fused-ring (bicyclic) bond motifs is 3. The van der Waals surface area contributed by atoms with Crippen molar-refractivity contribution in [2.75, 3.05) is 13.7 Å². The standard InChI is InChI=1S/C31H29NO3/c1-35-23-17-15-21(16-18-23)19-28-30(34)29(33)20-32(28)31(22-9-3-2-4-10-22)26-13-7-5-11-24(26)25-12-6-8-14-27(25)31/h2-18,28-30,33-34H,19-20H2,1H3/t28-,29+,30-/m1/s1. The second-order valence-corrected chi connectivity index (χ2v) is 9.50. The van der Waals surface area contributed by atoms with Crippen molar-refractivity contribution >= 4 is 0 Å². The number of likely N-dealkylation sites (tertiary alicyclic amines) is 1. The predicted molar refractivity (Wildman–Crippen MR) is 137 cm³/mol. The molecule has 0 spiro atoms. The minimum Gasteiger partial charge on any atom is -0.497 e. The number of aliphatic hydroxyl groups excluding tert-OH is 2. The molecule has 1 heterocycles. The van der Waals surface area contributed by atoms with Gasteiger partial charge >= 0.3 is 0 Å². The lowest BCUT2D eigenvalue weighted by molar-refractivity contribution is 0.0334. The van der Waals surface area contributed by atoms with Gasteiger partial charge in [-0.2, -0.15) is 0 Å². The van der Waals surface area contributed by atoms with Gasteiger partial charge in [0, 0.05) is 12.6 Å². The Hall–Kier alpha value is -3.44. The maximum atomic E-state index is 11.3. The molecule has 0 saturated carbocycles. The molecule has 1 aliphatic heterocycles. The van der Waals surface area contributed by atoms with Crippen LogP contribution in [0.4, 0.5) is 0 Å². The van der Waals surface area contributed by atoms with Crippen LogP contribution in [0.2, 0.25) is 0 Å². The highest BCUT2D eigenvalue weighted by Crippen LogP contribution is 2.56. The second kappa shape index (κ2) is 8.65. The number of rotatable bonds is 5. The first-order valence-corrected chi connectivity index (χ1v) is 12.2. The molecule has 176 valence electrons. The Kier molecular flexibility index (Phi) is 5.45. The first kappa shape index (κ1) is 22.1. The van der Waals surface area contributed by atoms with Gasteiger partial charge in [-0.1, -0.05) is 91.0 Å². The molecule has 1 fully saturated rings. The van der Waals surface area contributed by atoms with Crippen molar-refractivity contribution in [1.29, 1.82) is 0 Å². The molecule has 6 rings (SSSR count). The molecule has 4 heteroatoms. The van der Waals surface area contributed by atoms with Crippen molar-refractivity contribution < 1.29 is 14.9 Å². The van der Waals surface area contributed by atoms with E-state index in [1.807, 2.05) is 30.3 Å². The van der Waals surface area contributed by atoms with E-state index in [1.165, 1.54) is 22.3 Å². The molecule has 3 atom stereocenters. The topological polar surface area (TPSA) is 52.9 Å². The predicted octanol–water partition coefficient (Wildman–Crippen LogP) is 4.62. The van der Waals surface area contributed by atoms with Gasteiger partial charge in [-0.15, -0.1) is 0 Å². The van der Waals surface area contributed by atoms with Gasteiger partial charge < -0.3 is 14.9 Å². The molecule has 0 amide bonds. The van der Waals surface area contributed by atoms with Crippen LogP contribution < -0.4 is 4.74 Å². The van der Waals surface area contributed by atoms with Crippen LogP contribution in [-0.4, -0.2) is 47.0 Å². The molecular weight excluding hydrogens is 434 g/mol. The Balaban J connectivity index is 1.57. The summed E-state index contributed by atoms with van der Waals surface area (Å²) in [5.74, 6) is 0.803. The van der Waals surface area contributed by atoms with Gasteiger partial charge in [0.15, 0.2) is 0 Å². The molecule has 0 radical (unpaired) electrons. The lowest BCUT2D eigenvalue weighted by Crippen LogP contribution is -2.51. The number of nitrogens with zero attached hydrogens (tertiary/aromatic N) is 1. The van der Waals surface area contributed by atoms with Crippen molar-refractivity contribution in [3.63, 3.8) is 0 Å². The van der Waals surface area contributed by atoms with Gasteiger partial charge in [0.1, 0.15) is 5.75 Å².